The molecule has 1 aliphatic rings. The maximum atomic E-state index is 11.9. The Morgan fingerprint density at radius 2 is 2.13 bits per heavy atom. The van der Waals surface area contributed by atoms with Crippen LogP contribution in [0.15, 0.2) is 24.3 Å². The van der Waals surface area contributed by atoms with Crippen molar-refractivity contribution in [3.8, 4) is 5.75 Å². The summed E-state index contributed by atoms with van der Waals surface area (Å²) >= 11 is 0. The minimum atomic E-state index is 0. The molecule has 1 aromatic rings. The average Bonchev–Trinajstić information content (AvgIpc) is 2.59. The first kappa shape index (κ1) is 19.7. The molecule has 1 atom stereocenters. The van der Waals surface area contributed by atoms with Gasteiger partial charge in [-0.1, -0.05) is 12.1 Å². The van der Waals surface area contributed by atoms with Crippen LogP contribution in [0.1, 0.15) is 24.8 Å². The summed E-state index contributed by atoms with van der Waals surface area (Å²) in [6.45, 7) is 3.75. The first-order valence-electron chi connectivity index (χ1n) is 7.98. The molecule has 130 valence electrons. The highest BCUT2D eigenvalue weighted by molar-refractivity contribution is 5.85. The number of ether oxygens (including phenoxy) is 2. The predicted molar refractivity (Wildman–Crippen MR) is 93.1 cm³/mol. The molecule has 1 heterocycles. The summed E-state index contributed by atoms with van der Waals surface area (Å²) in [7, 11) is 1.66. The number of piperidine rings is 1. The molecule has 1 saturated heterocycles. The zero-order valence-corrected chi connectivity index (χ0v) is 14.5. The van der Waals surface area contributed by atoms with Gasteiger partial charge in [0.25, 0.3) is 0 Å². The minimum Gasteiger partial charge on any atom is -0.497 e. The summed E-state index contributed by atoms with van der Waals surface area (Å²) in [6, 6.07) is 7.85. The molecule has 0 saturated carbocycles. The molecule has 0 aliphatic carbocycles. The number of carbonyl (C=O) groups excluding carboxylic acids is 1. The Labute approximate surface area is 144 Å². The monoisotopic (exact) mass is 342 g/mol. The summed E-state index contributed by atoms with van der Waals surface area (Å²) in [4.78, 5) is 11.9. The van der Waals surface area contributed by atoms with Gasteiger partial charge in [0.1, 0.15) is 5.75 Å². The molecule has 1 fully saturated rings. The summed E-state index contributed by atoms with van der Waals surface area (Å²) in [5.41, 5.74) is 1.12. The smallest absolute Gasteiger partial charge is 0.224 e. The second kappa shape index (κ2) is 11.3. The third-order valence-electron chi connectivity index (χ3n) is 3.86. The van der Waals surface area contributed by atoms with Crippen molar-refractivity contribution in [2.45, 2.75) is 25.9 Å². The van der Waals surface area contributed by atoms with Gasteiger partial charge in [-0.05, 0) is 43.5 Å². The molecule has 2 N–H and O–H groups in total. The van der Waals surface area contributed by atoms with Gasteiger partial charge in [0.2, 0.25) is 5.91 Å². The normalized spacial score (nSPS) is 17.2. The number of rotatable bonds is 8. The van der Waals surface area contributed by atoms with E-state index in [0.29, 0.717) is 19.8 Å². The minimum absolute atomic E-state index is 0. The Kier molecular flexibility index (Phi) is 9.67. The quantitative estimate of drug-likeness (QED) is 0.711. The number of hydrogen-bond acceptors (Lipinski definition) is 4. The van der Waals surface area contributed by atoms with Gasteiger partial charge in [0.05, 0.1) is 19.6 Å². The lowest BCUT2D eigenvalue weighted by atomic mass is 9.99. The molecule has 2 rings (SSSR count). The van der Waals surface area contributed by atoms with Gasteiger partial charge in [-0.2, -0.15) is 0 Å². The molecule has 0 radical (unpaired) electrons. The van der Waals surface area contributed by atoms with Gasteiger partial charge >= 0.3 is 0 Å². The largest absolute Gasteiger partial charge is 0.497 e. The maximum absolute atomic E-state index is 11.9. The van der Waals surface area contributed by atoms with Crippen molar-refractivity contribution in [3.05, 3.63) is 29.8 Å². The van der Waals surface area contributed by atoms with E-state index in [1.165, 1.54) is 0 Å². The lowest BCUT2D eigenvalue weighted by Crippen LogP contribution is -2.40. The van der Waals surface area contributed by atoms with Crippen LogP contribution in [0.2, 0.25) is 0 Å². The average molecular weight is 343 g/mol. The highest BCUT2D eigenvalue weighted by atomic mass is 35.5. The topological polar surface area (TPSA) is 59.6 Å². The Morgan fingerprint density at radius 1 is 1.35 bits per heavy atom. The van der Waals surface area contributed by atoms with Crippen LogP contribution in [0.4, 0.5) is 0 Å². The van der Waals surface area contributed by atoms with Crippen LogP contribution >= 0.6 is 12.4 Å². The molecule has 0 bridgehead atoms. The molecule has 1 amide bonds. The lowest BCUT2D eigenvalue weighted by molar-refractivity contribution is -0.125. The van der Waals surface area contributed by atoms with Crippen LogP contribution in [0.3, 0.4) is 0 Å². The second-order valence-corrected chi connectivity index (χ2v) is 5.59. The number of nitrogens with one attached hydrogen (secondary N) is 2. The molecule has 0 aromatic heterocycles. The van der Waals surface area contributed by atoms with Crippen LogP contribution in [0.5, 0.6) is 5.75 Å². The van der Waals surface area contributed by atoms with Crippen molar-refractivity contribution in [1.29, 1.82) is 0 Å². The zero-order chi connectivity index (χ0) is 15.6. The highest BCUT2D eigenvalue weighted by Gasteiger charge is 2.19. The Hall–Kier alpha value is -1.30. The second-order valence-electron chi connectivity index (χ2n) is 5.59. The Morgan fingerprint density at radius 3 is 2.78 bits per heavy atom. The first-order chi connectivity index (χ1) is 10.8. The van der Waals surface area contributed by atoms with Gasteiger partial charge in [-0.15, -0.1) is 12.4 Å². The van der Waals surface area contributed by atoms with E-state index in [0.717, 1.165) is 43.7 Å². The third kappa shape index (κ3) is 7.20. The van der Waals surface area contributed by atoms with E-state index < -0.39 is 0 Å². The van der Waals surface area contributed by atoms with Crippen LogP contribution < -0.4 is 15.4 Å². The number of hydrogen-bond donors (Lipinski definition) is 2. The van der Waals surface area contributed by atoms with Crippen molar-refractivity contribution < 1.29 is 14.3 Å². The standard InChI is InChI=1S/C17H26N2O3.ClH/c1-21-16-7-5-14(6-8-16)13-22-11-3-10-19-17(20)15-4-2-9-18-12-15;/h5-8,15,18H,2-4,9-13H2,1H3,(H,19,20);1H. The molecule has 1 unspecified atom stereocenters. The Bertz CT molecular complexity index is 448. The fourth-order valence-electron chi connectivity index (χ4n) is 2.52. The Balaban J connectivity index is 0.00000264. The van der Waals surface area contributed by atoms with Gasteiger partial charge in [-0.3, -0.25) is 4.79 Å². The van der Waals surface area contributed by atoms with Crippen LogP contribution in [0.25, 0.3) is 0 Å². The summed E-state index contributed by atoms with van der Waals surface area (Å²) in [5.74, 6) is 1.15. The van der Waals surface area contributed by atoms with Gasteiger partial charge in [0, 0.05) is 19.7 Å². The fraction of sp³-hybridized carbons (Fsp3) is 0.588. The summed E-state index contributed by atoms with van der Waals surface area (Å²) < 4.78 is 10.7. The molecule has 1 aromatic carbocycles. The molecule has 1 aliphatic heterocycles. The highest BCUT2D eigenvalue weighted by Crippen LogP contribution is 2.12. The number of halogens is 1. The SMILES string of the molecule is COc1ccc(COCCCNC(=O)C2CCCNC2)cc1.Cl. The fourth-order valence-corrected chi connectivity index (χ4v) is 2.52. The first-order valence-corrected chi connectivity index (χ1v) is 7.98. The van der Waals surface area contributed by atoms with Crippen molar-refractivity contribution in [3.63, 3.8) is 0 Å². The molecular formula is C17H27ClN2O3. The van der Waals surface area contributed by atoms with Gasteiger partial charge in [0.15, 0.2) is 0 Å². The molecule has 23 heavy (non-hydrogen) atoms. The van der Waals surface area contributed by atoms with Crippen molar-refractivity contribution in [2.24, 2.45) is 5.92 Å². The van der Waals surface area contributed by atoms with Crippen LogP contribution in [-0.2, 0) is 16.1 Å². The van der Waals surface area contributed by atoms with E-state index in [9.17, 15) is 4.79 Å². The number of methoxy groups -OCH3 is 1. The van der Waals surface area contributed by atoms with E-state index in [4.69, 9.17) is 9.47 Å². The van der Waals surface area contributed by atoms with Gasteiger partial charge in [-0.25, -0.2) is 0 Å². The molecular weight excluding hydrogens is 316 g/mol. The van der Waals surface area contributed by atoms with Gasteiger partial charge < -0.3 is 20.1 Å². The lowest BCUT2D eigenvalue weighted by Gasteiger charge is -2.21. The zero-order valence-electron chi connectivity index (χ0n) is 13.7. The number of benzene rings is 1. The van der Waals surface area contributed by atoms with E-state index in [-0.39, 0.29) is 24.2 Å². The molecule has 5 nitrogen and oxygen atoms in total. The number of carbonyl (C=O) groups is 1. The van der Waals surface area contributed by atoms with Crippen molar-refractivity contribution in [1.82, 2.24) is 10.6 Å². The van der Waals surface area contributed by atoms with E-state index in [2.05, 4.69) is 10.6 Å². The molecule has 0 spiro atoms. The van der Waals surface area contributed by atoms with E-state index in [1.54, 1.807) is 7.11 Å². The van der Waals surface area contributed by atoms with Crippen LogP contribution in [0, 0.1) is 5.92 Å². The number of amides is 1. The van der Waals surface area contributed by atoms with E-state index >= 15 is 0 Å². The van der Waals surface area contributed by atoms with Crippen molar-refractivity contribution in [2.75, 3.05) is 33.4 Å². The molecule has 6 heteroatoms. The van der Waals surface area contributed by atoms with E-state index in [1.807, 2.05) is 24.3 Å². The summed E-state index contributed by atoms with van der Waals surface area (Å²) in [5, 5.41) is 6.25. The maximum Gasteiger partial charge on any atom is 0.224 e. The summed E-state index contributed by atoms with van der Waals surface area (Å²) in [6.07, 6.45) is 2.91. The predicted octanol–water partition coefficient (Wildman–Crippen LogP) is 2.14. The van der Waals surface area contributed by atoms with Crippen molar-refractivity contribution >= 4 is 18.3 Å². The third-order valence-corrected chi connectivity index (χ3v) is 3.86. The van der Waals surface area contributed by atoms with Crippen LogP contribution in [-0.4, -0.2) is 39.3 Å².